The number of rotatable bonds is 1. The Balaban J connectivity index is 1.76. The normalized spacial score (nSPS) is 23.4. The van der Waals surface area contributed by atoms with Crippen molar-refractivity contribution in [3.8, 4) is 0 Å². The van der Waals surface area contributed by atoms with Crippen molar-refractivity contribution in [2.24, 2.45) is 7.05 Å². The highest BCUT2D eigenvalue weighted by atomic mass is 79.9. The van der Waals surface area contributed by atoms with Crippen molar-refractivity contribution in [2.75, 3.05) is 24.6 Å². The third-order valence-electron chi connectivity index (χ3n) is 2.99. The Morgan fingerprint density at radius 1 is 1.57 bits per heavy atom. The molecule has 14 heavy (non-hydrogen) atoms. The van der Waals surface area contributed by atoms with Crippen LogP contribution in [0.1, 0.15) is 6.42 Å². The summed E-state index contributed by atoms with van der Waals surface area (Å²) in [6, 6.07) is 0. The van der Waals surface area contributed by atoms with Gasteiger partial charge in [-0.15, -0.1) is 0 Å². The van der Waals surface area contributed by atoms with E-state index < -0.39 is 0 Å². The number of hydrogen-bond donors (Lipinski definition) is 0. The first-order valence-corrected chi connectivity index (χ1v) is 5.56. The Bertz CT molecular complexity index is 364. The van der Waals surface area contributed by atoms with Crippen molar-refractivity contribution in [1.82, 2.24) is 9.78 Å². The van der Waals surface area contributed by atoms with Gasteiger partial charge in [-0.1, -0.05) is 0 Å². The van der Waals surface area contributed by atoms with E-state index in [1.165, 1.54) is 6.42 Å². The van der Waals surface area contributed by atoms with E-state index in [2.05, 4.69) is 25.9 Å². The van der Waals surface area contributed by atoms with Crippen LogP contribution in [0.2, 0.25) is 0 Å². The van der Waals surface area contributed by atoms with E-state index in [1.54, 1.807) is 0 Å². The standard InChI is InChI=1S/C9H12BrN3O/c1-12-4-7(10)8(11-12)13-5-9(6-13)2-3-14-9/h4H,2-3,5-6H2,1H3. The number of ether oxygens (including phenoxy) is 1. The molecule has 0 amide bonds. The predicted molar refractivity (Wildman–Crippen MR) is 56.4 cm³/mol. The first kappa shape index (κ1) is 8.73. The molecule has 4 nitrogen and oxygen atoms in total. The molecule has 1 aromatic rings. The fourth-order valence-electron chi connectivity index (χ4n) is 2.10. The van der Waals surface area contributed by atoms with Crippen molar-refractivity contribution in [3.63, 3.8) is 0 Å². The molecule has 3 rings (SSSR count). The molecule has 0 radical (unpaired) electrons. The molecule has 5 heteroatoms. The second-order valence-electron chi connectivity index (χ2n) is 4.11. The number of aryl methyl sites for hydroxylation is 1. The van der Waals surface area contributed by atoms with Crippen LogP contribution in [0, 0.1) is 0 Å². The summed E-state index contributed by atoms with van der Waals surface area (Å²) in [6.07, 6.45) is 3.18. The van der Waals surface area contributed by atoms with E-state index in [9.17, 15) is 0 Å². The minimum absolute atomic E-state index is 0.178. The zero-order valence-corrected chi connectivity index (χ0v) is 9.62. The van der Waals surface area contributed by atoms with Gasteiger partial charge in [-0.25, -0.2) is 0 Å². The fourth-order valence-corrected chi connectivity index (χ4v) is 2.73. The minimum atomic E-state index is 0.178. The smallest absolute Gasteiger partial charge is 0.165 e. The Morgan fingerprint density at radius 2 is 2.29 bits per heavy atom. The van der Waals surface area contributed by atoms with Gasteiger partial charge in [0.25, 0.3) is 0 Å². The summed E-state index contributed by atoms with van der Waals surface area (Å²) in [6.45, 7) is 2.91. The van der Waals surface area contributed by atoms with Gasteiger partial charge in [0.05, 0.1) is 24.2 Å². The Hall–Kier alpha value is -0.550. The summed E-state index contributed by atoms with van der Waals surface area (Å²) in [4.78, 5) is 2.25. The van der Waals surface area contributed by atoms with E-state index in [1.807, 2.05) is 17.9 Å². The highest BCUT2D eigenvalue weighted by molar-refractivity contribution is 9.10. The third-order valence-corrected chi connectivity index (χ3v) is 3.55. The van der Waals surface area contributed by atoms with Crippen molar-refractivity contribution in [1.29, 1.82) is 0 Å². The number of aromatic nitrogens is 2. The van der Waals surface area contributed by atoms with Crippen LogP contribution in [0.3, 0.4) is 0 Å². The lowest BCUT2D eigenvalue weighted by Crippen LogP contribution is -2.68. The van der Waals surface area contributed by atoms with Crippen LogP contribution in [0.25, 0.3) is 0 Å². The summed E-state index contributed by atoms with van der Waals surface area (Å²) in [7, 11) is 1.93. The van der Waals surface area contributed by atoms with Crippen LogP contribution < -0.4 is 4.90 Å². The van der Waals surface area contributed by atoms with E-state index in [4.69, 9.17) is 4.74 Å². The maximum absolute atomic E-state index is 5.56. The summed E-state index contributed by atoms with van der Waals surface area (Å²) in [5.41, 5.74) is 0.178. The van der Waals surface area contributed by atoms with Gasteiger partial charge in [0.2, 0.25) is 0 Å². The maximum atomic E-state index is 5.56. The van der Waals surface area contributed by atoms with Crippen LogP contribution in [-0.2, 0) is 11.8 Å². The average Bonchev–Trinajstić information content (AvgIpc) is 2.24. The summed E-state index contributed by atoms with van der Waals surface area (Å²) < 4.78 is 8.45. The summed E-state index contributed by atoms with van der Waals surface area (Å²) >= 11 is 3.50. The van der Waals surface area contributed by atoms with E-state index in [0.717, 1.165) is 30.0 Å². The molecule has 0 aromatic carbocycles. The van der Waals surface area contributed by atoms with Gasteiger partial charge in [-0.3, -0.25) is 4.68 Å². The van der Waals surface area contributed by atoms with Crippen molar-refractivity contribution < 1.29 is 4.74 Å². The highest BCUT2D eigenvalue weighted by Gasteiger charge is 2.50. The largest absolute Gasteiger partial charge is 0.371 e. The monoisotopic (exact) mass is 257 g/mol. The number of hydrogen-bond acceptors (Lipinski definition) is 3. The van der Waals surface area contributed by atoms with Gasteiger partial charge < -0.3 is 9.64 Å². The van der Waals surface area contributed by atoms with E-state index in [0.29, 0.717) is 0 Å². The van der Waals surface area contributed by atoms with E-state index in [-0.39, 0.29) is 5.60 Å². The Kier molecular flexibility index (Phi) is 1.70. The number of halogens is 1. The lowest BCUT2D eigenvalue weighted by atomic mass is 9.86. The number of anilines is 1. The van der Waals surface area contributed by atoms with Gasteiger partial charge in [0.1, 0.15) is 5.60 Å². The zero-order chi connectivity index (χ0) is 9.76. The van der Waals surface area contributed by atoms with E-state index >= 15 is 0 Å². The Morgan fingerprint density at radius 3 is 2.71 bits per heavy atom. The molecular weight excluding hydrogens is 246 g/mol. The predicted octanol–water partition coefficient (Wildman–Crippen LogP) is 1.16. The molecule has 1 spiro atoms. The molecule has 0 atom stereocenters. The second-order valence-corrected chi connectivity index (χ2v) is 4.97. The molecule has 76 valence electrons. The zero-order valence-electron chi connectivity index (χ0n) is 8.03. The minimum Gasteiger partial charge on any atom is -0.371 e. The summed E-state index contributed by atoms with van der Waals surface area (Å²) in [5.74, 6) is 1.04. The van der Waals surface area contributed by atoms with Gasteiger partial charge in [0.15, 0.2) is 5.82 Å². The van der Waals surface area contributed by atoms with Gasteiger partial charge in [0, 0.05) is 19.7 Å². The molecular formula is C9H12BrN3O. The molecule has 2 fully saturated rings. The van der Waals surface area contributed by atoms with Crippen molar-refractivity contribution in [2.45, 2.75) is 12.0 Å². The quantitative estimate of drug-likeness (QED) is 0.757. The SMILES string of the molecule is Cn1cc(Br)c(N2CC3(CCO3)C2)n1. The molecule has 0 aliphatic carbocycles. The fraction of sp³-hybridized carbons (Fsp3) is 0.667. The van der Waals surface area contributed by atoms with Crippen molar-refractivity contribution >= 4 is 21.7 Å². The average molecular weight is 258 g/mol. The molecule has 0 saturated carbocycles. The van der Waals surface area contributed by atoms with Crippen LogP contribution in [0.5, 0.6) is 0 Å². The van der Waals surface area contributed by atoms with Gasteiger partial charge >= 0.3 is 0 Å². The lowest BCUT2D eigenvalue weighted by Gasteiger charge is -2.55. The van der Waals surface area contributed by atoms with Crippen LogP contribution in [-0.4, -0.2) is 35.1 Å². The number of nitrogens with zero attached hydrogens (tertiary/aromatic N) is 3. The van der Waals surface area contributed by atoms with Gasteiger partial charge in [-0.2, -0.15) is 5.10 Å². The van der Waals surface area contributed by atoms with Crippen molar-refractivity contribution in [3.05, 3.63) is 10.7 Å². The maximum Gasteiger partial charge on any atom is 0.165 e. The Labute approximate surface area is 91.0 Å². The molecule has 2 aliphatic heterocycles. The molecule has 2 aliphatic rings. The first-order valence-electron chi connectivity index (χ1n) is 4.77. The molecule has 0 unspecified atom stereocenters. The molecule has 2 saturated heterocycles. The van der Waals surface area contributed by atoms with Crippen LogP contribution in [0.15, 0.2) is 10.7 Å². The van der Waals surface area contributed by atoms with Crippen LogP contribution >= 0.6 is 15.9 Å². The topological polar surface area (TPSA) is 30.3 Å². The third kappa shape index (κ3) is 1.12. The van der Waals surface area contributed by atoms with Crippen LogP contribution in [0.4, 0.5) is 5.82 Å². The highest BCUT2D eigenvalue weighted by Crippen LogP contribution is 2.39. The molecule has 0 bridgehead atoms. The molecule has 1 aromatic heterocycles. The molecule has 0 N–H and O–H groups in total. The lowest BCUT2D eigenvalue weighted by molar-refractivity contribution is -0.161. The van der Waals surface area contributed by atoms with Gasteiger partial charge in [-0.05, 0) is 15.9 Å². The molecule has 3 heterocycles. The summed E-state index contributed by atoms with van der Waals surface area (Å²) in [5, 5.41) is 4.40. The second kappa shape index (κ2) is 2.73. The first-order chi connectivity index (χ1) is 6.69.